The number of piperazine rings is 1. The van der Waals surface area contributed by atoms with Crippen LogP contribution >= 0.6 is 11.6 Å². The van der Waals surface area contributed by atoms with Gasteiger partial charge < -0.3 is 15.5 Å². The van der Waals surface area contributed by atoms with Gasteiger partial charge in [0.25, 0.3) is 0 Å². The molecule has 1 unspecified atom stereocenters. The van der Waals surface area contributed by atoms with Crippen LogP contribution < -0.4 is 10.6 Å². The minimum atomic E-state index is -3.19. The Morgan fingerprint density at radius 1 is 1.00 bits per heavy atom. The Hall–Kier alpha value is -2.54. The molecule has 0 radical (unpaired) electrons. The Bertz CT molecular complexity index is 1440. The number of carbonyl (C=O) groups excluding carboxylic acids is 2. The smallest absolute Gasteiger partial charge is 0.245 e. The SMILES string of the molecule is CC(C)CN(C1CCN(S(C)(=O)=O)CC1)N1CCN(C(=O)[C@@H](Cc2ccc(Cl)cc2)NC(=O)CC2NCCc3ccccc32)CC1. The van der Waals surface area contributed by atoms with Gasteiger partial charge in [-0.1, -0.05) is 61.8 Å². The number of hydrazine groups is 1. The second-order valence-corrected chi connectivity index (χ2v) is 15.7. The molecule has 10 nitrogen and oxygen atoms in total. The zero-order valence-electron chi connectivity index (χ0n) is 27.3. The van der Waals surface area contributed by atoms with Crippen molar-refractivity contribution in [3.05, 3.63) is 70.2 Å². The Morgan fingerprint density at radius 3 is 2.33 bits per heavy atom. The van der Waals surface area contributed by atoms with E-state index in [1.165, 1.54) is 11.8 Å². The maximum atomic E-state index is 14.1. The van der Waals surface area contributed by atoms with Crippen LogP contribution in [-0.4, -0.2) is 110 Å². The number of nitrogens with zero attached hydrogens (tertiary/aromatic N) is 4. The van der Waals surface area contributed by atoms with E-state index in [0.29, 0.717) is 56.6 Å². The van der Waals surface area contributed by atoms with Crippen LogP contribution in [0, 0.1) is 5.92 Å². The average Bonchev–Trinajstić information content (AvgIpc) is 3.04. The van der Waals surface area contributed by atoms with Crippen molar-refractivity contribution in [2.24, 2.45) is 5.92 Å². The van der Waals surface area contributed by atoms with E-state index in [1.54, 1.807) is 4.31 Å². The molecule has 3 aliphatic rings. The molecule has 2 saturated heterocycles. The van der Waals surface area contributed by atoms with E-state index in [4.69, 9.17) is 11.6 Å². The van der Waals surface area contributed by atoms with Crippen LogP contribution in [-0.2, 0) is 32.5 Å². The predicted octanol–water partition coefficient (Wildman–Crippen LogP) is 3.09. The number of amides is 2. The first-order valence-corrected chi connectivity index (χ1v) is 18.8. The topological polar surface area (TPSA) is 105 Å². The number of halogens is 1. The Morgan fingerprint density at radius 2 is 1.67 bits per heavy atom. The predicted molar refractivity (Wildman–Crippen MR) is 182 cm³/mol. The fourth-order valence-corrected chi connectivity index (χ4v) is 8.00. The van der Waals surface area contributed by atoms with E-state index in [-0.39, 0.29) is 30.3 Å². The number of hydrogen-bond donors (Lipinski definition) is 2. The van der Waals surface area contributed by atoms with Crippen molar-refractivity contribution in [2.45, 2.75) is 64.1 Å². The first kappa shape index (κ1) is 34.8. The van der Waals surface area contributed by atoms with E-state index in [9.17, 15) is 18.0 Å². The van der Waals surface area contributed by atoms with Crippen molar-refractivity contribution in [3.63, 3.8) is 0 Å². The van der Waals surface area contributed by atoms with Crippen LogP contribution in [0.1, 0.15) is 55.8 Å². The van der Waals surface area contributed by atoms with Gasteiger partial charge in [0, 0.05) is 75.8 Å². The lowest BCUT2D eigenvalue weighted by atomic mass is 9.92. The third-order valence-corrected chi connectivity index (χ3v) is 10.9. The molecular weight excluding hydrogens is 624 g/mol. The molecule has 0 bridgehead atoms. The monoisotopic (exact) mass is 672 g/mol. The Balaban J connectivity index is 1.24. The summed E-state index contributed by atoms with van der Waals surface area (Å²) in [7, 11) is -3.19. The third kappa shape index (κ3) is 9.08. The molecule has 2 amide bonds. The summed E-state index contributed by atoms with van der Waals surface area (Å²) in [5, 5.41) is 12.0. The van der Waals surface area contributed by atoms with Crippen molar-refractivity contribution in [2.75, 3.05) is 58.6 Å². The number of benzene rings is 2. The second kappa shape index (κ2) is 15.6. The van der Waals surface area contributed by atoms with Gasteiger partial charge in [-0.05, 0) is 60.5 Å². The van der Waals surface area contributed by atoms with Crippen molar-refractivity contribution in [1.29, 1.82) is 0 Å². The van der Waals surface area contributed by atoms with Gasteiger partial charge in [-0.15, -0.1) is 0 Å². The molecule has 0 aliphatic carbocycles. The normalized spacial score (nSPS) is 20.9. The quantitative estimate of drug-likeness (QED) is 0.378. The van der Waals surface area contributed by atoms with E-state index in [0.717, 1.165) is 43.5 Å². The van der Waals surface area contributed by atoms with Crippen molar-refractivity contribution < 1.29 is 18.0 Å². The standard InChI is InChI=1S/C34H49ClN6O4S/c1-25(2)24-41(29-13-16-40(17-14-29)46(3,44)45)39-20-18-38(19-21-39)34(43)32(22-26-8-10-28(35)11-9-26)37-33(42)23-31-30-7-5-4-6-27(30)12-15-36-31/h4-11,25,29,31-32,36H,12-24H2,1-3H3,(H,37,42)/t31?,32-/m1/s1. The molecule has 5 rings (SSSR count). The number of fused-ring (bicyclic) bond motifs is 1. The van der Waals surface area contributed by atoms with Crippen LogP contribution in [0.25, 0.3) is 0 Å². The average molecular weight is 673 g/mol. The summed E-state index contributed by atoms with van der Waals surface area (Å²) >= 11 is 6.13. The third-order valence-electron chi connectivity index (χ3n) is 9.39. The molecule has 3 heterocycles. The first-order valence-electron chi connectivity index (χ1n) is 16.6. The van der Waals surface area contributed by atoms with Gasteiger partial charge >= 0.3 is 0 Å². The van der Waals surface area contributed by atoms with Crippen LogP contribution in [0.4, 0.5) is 0 Å². The van der Waals surface area contributed by atoms with Crippen LogP contribution in [0.5, 0.6) is 0 Å². The molecule has 252 valence electrons. The molecule has 46 heavy (non-hydrogen) atoms. The molecular formula is C34H49ClN6O4S. The molecule has 0 saturated carbocycles. The summed E-state index contributed by atoms with van der Waals surface area (Å²) in [5.41, 5.74) is 3.35. The van der Waals surface area contributed by atoms with Gasteiger partial charge in [0.15, 0.2) is 0 Å². The molecule has 2 fully saturated rings. The van der Waals surface area contributed by atoms with Gasteiger partial charge in [0.1, 0.15) is 6.04 Å². The molecule has 3 aliphatic heterocycles. The largest absolute Gasteiger partial charge is 0.344 e. The molecule has 0 aromatic heterocycles. The minimum absolute atomic E-state index is 0.0724. The number of hydrogen-bond acceptors (Lipinski definition) is 7. The summed E-state index contributed by atoms with van der Waals surface area (Å²) in [6, 6.07) is 15.2. The van der Waals surface area contributed by atoms with Gasteiger partial charge in [0.2, 0.25) is 21.8 Å². The zero-order chi connectivity index (χ0) is 32.8. The molecule has 2 aromatic rings. The molecule has 2 aromatic carbocycles. The molecule has 2 atom stereocenters. The van der Waals surface area contributed by atoms with E-state index in [2.05, 4.69) is 46.6 Å². The molecule has 12 heteroatoms. The zero-order valence-corrected chi connectivity index (χ0v) is 28.9. The Kier molecular flexibility index (Phi) is 11.8. The summed E-state index contributed by atoms with van der Waals surface area (Å²) in [4.78, 5) is 29.4. The van der Waals surface area contributed by atoms with Gasteiger partial charge in [-0.2, -0.15) is 0 Å². The minimum Gasteiger partial charge on any atom is -0.344 e. The lowest BCUT2D eigenvalue weighted by molar-refractivity contribution is -0.144. The van der Waals surface area contributed by atoms with Crippen LogP contribution in [0.2, 0.25) is 5.02 Å². The fourth-order valence-electron chi connectivity index (χ4n) is 7.00. The first-order chi connectivity index (χ1) is 22.0. The number of sulfonamides is 1. The van der Waals surface area contributed by atoms with Crippen LogP contribution in [0.3, 0.4) is 0 Å². The van der Waals surface area contributed by atoms with Crippen molar-refractivity contribution >= 4 is 33.4 Å². The van der Waals surface area contributed by atoms with E-state index in [1.807, 2.05) is 41.3 Å². The highest BCUT2D eigenvalue weighted by molar-refractivity contribution is 7.88. The van der Waals surface area contributed by atoms with E-state index < -0.39 is 16.1 Å². The lowest BCUT2D eigenvalue weighted by Crippen LogP contribution is -2.61. The number of rotatable bonds is 11. The summed E-state index contributed by atoms with van der Waals surface area (Å²) in [6.07, 6.45) is 4.44. The van der Waals surface area contributed by atoms with Crippen molar-refractivity contribution in [3.8, 4) is 0 Å². The molecule has 0 spiro atoms. The van der Waals surface area contributed by atoms with Crippen LogP contribution in [0.15, 0.2) is 48.5 Å². The summed E-state index contributed by atoms with van der Waals surface area (Å²) in [6.45, 7) is 9.65. The molecule has 2 N–H and O–H groups in total. The second-order valence-electron chi connectivity index (χ2n) is 13.3. The van der Waals surface area contributed by atoms with E-state index >= 15 is 0 Å². The van der Waals surface area contributed by atoms with Gasteiger partial charge in [-0.25, -0.2) is 22.7 Å². The highest BCUT2D eigenvalue weighted by Gasteiger charge is 2.35. The highest BCUT2D eigenvalue weighted by atomic mass is 35.5. The lowest BCUT2D eigenvalue weighted by Gasteiger charge is -2.47. The summed E-state index contributed by atoms with van der Waals surface area (Å²) in [5.74, 6) is 0.220. The van der Waals surface area contributed by atoms with Gasteiger partial charge in [-0.3, -0.25) is 9.59 Å². The Labute approximate surface area is 279 Å². The van der Waals surface area contributed by atoms with Gasteiger partial charge in [0.05, 0.1) is 6.26 Å². The number of nitrogens with one attached hydrogen (secondary N) is 2. The highest BCUT2D eigenvalue weighted by Crippen LogP contribution is 2.26. The number of piperidine rings is 1. The maximum Gasteiger partial charge on any atom is 0.245 e. The maximum absolute atomic E-state index is 14.1. The summed E-state index contributed by atoms with van der Waals surface area (Å²) < 4.78 is 25.7. The fraction of sp³-hybridized carbons (Fsp3) is 0.588. The number of carbonyl (C=O) groups is 2. The van der Waals surface area contributed by atoms with Crippen molar-refractivity contribution in [1.82, 2.24) is 29.9 Å².